The van der Waals surface area contributed by atoms with Gasteiger partial charge in [-0.25, -0.2) is 5.01 Å². The molecule has 6 heteroatoms. The summed E-state index contributed by atoms with van der Waals surface area (Å²) in [6.45, 7) is 5.86. The van der Waals surface area contributed by atoms with E-state index >= 15 is 0 Å². The lowest BCUT2D eigenvalue weighted by molar-refractivity contribution is -0.112. The van der Waals surface area contributed by atoms with Crippen molar-refractivity contribution < 1.29 is 4.79 Å². The summed E-state index contributed by atoms with van der Waals surface area (Å²) in [7, 11) is 0. The summed E-state index contributed by atoms with van der Waals surface area (Å²) in [6.07, 6.45) is 0. The molecule has 0 aliphatic carbocycles. The third kappa shape index (κ3) is 3.12. The van der Waals surface area contributed by atoms with Crippen molar-refractivity contribution in [3.05, 3.63) is 70.8 Å². The SMILES string of the molecule is C=C1NN(c2ccccc2)C(=O)C1=NNc1ccc(C)c(Br)c1. The summed E-state index contributed by atoms with van der Waals surface area (Å²) >= 11 is 3.47. The van der Waals surface area contributed by atoms with E-state index in [0.29, 0.717) is 5.70 Å². The Morgan fingerprint density at radius 3 is 2.65 bits per heavy atom. The molecule has 0 atom stereocenters. The normalized spacial score (nSPS) is 15.9. The first-order chi connectivity index (χ1) is 11.1. The molecule has 3 rings (SSSR count). The van der Waals surface area contributed by atoms with E-state index in [1.165, 1.54) is 5.01 Å². The molecule has 1 saturated heterocycles. The Morgan fingerprint density at radius 1 is 1.22 bits per heavy atom. The Kier molecular flexibility index (Phi) is 4.16. The highest BCUT2D eigenvalue weighted by Gasteiger charge is 2.32. The van der Waals surface area contributed by atoms with E-state index < -0.39 is 0 Å². The molecule has 1 aliphatic rings. The third-order valence-electron chi connectivity index (χ3n) is 3.42. The molecule has 1 amide bonds. The molecule has 0 unspecified atom stereocenters. The van der Waals surface area contributed by atoms with E-state index in [2.05, 4.69) is 38.5 Å². The van der Waals surface area contributed by atoms with Crippen LogP contribution >= 0.6 is 15.9 Å². The molecule has 0 saturated carbocycles. The highest BCUT2D eigenvalue weighted by molar-refractivity contribution is 9.10. The van der Waals surface area contributed by atoms with Crippen molar-refractivity contribution in [2.75, 3.05) is 10.4 Å². The van der Waals surface area contributed by atoms with Crippen molar-refractivity contribution in [3.8, 4) is 0 Å². The molecule has 1 heterocycles. The van der Waals surface area contributed by atoms with Crippen molar-refractivity contribution in [1.82, 2.24) is 5.43 Å². The minimum atomic E-state index is -0.250. The number of hydrogen-bond acceptors (Lipinski definition) is 4. The second kappa shape index (κ2) is 6.26. The lowest BCUT2D eigenvalue weighted by Crippen LogP contribution is -2.34. The summed E-state index contributed by atoms with van der Waals surface area (Å²) in [5.74, 6) is -0.250. The van der Waals surface area contributed by atoms with Gasteiger partial charge in [-0.15, -0.1) is 0 Å². The van der Waals surface area contributed by atoms with Crippen LogP contribution in [0.15, 0.2) is 70.4 Å². The highest BCUT2D eigenvalue weighted by atomic mass is 79.9. The fraction of sp³-hybridized carbons (Fsp3) is 0.0588. The number of amides is 1. The molecule has 23 heavy (non-hydrogen) atoms. The Bertz CT molecular complexity index is 801. The van der Waals surface area contributed by atoms with Gasteiger partial charge in [0.05, 0.1) is 17.1 Å². The maximum Gasteiger partial charge on any atom is 0.299 e. The van der Waals surface area contributed by atoms with Crippen molar-refractivity contribution in [2.24, 2.45) is 5.10 Å². The van der Waals surface area contributed by atoms with Crippen LogP contribution in [0, 0.1) is 6.92 Å². The Labute approximate surface area is 142 Å². The van der Waals surface area contributed by atoms with Crippen LogP contribution in [-0.4, -0.2) is 11.6 Å². The number of nitrogens with one attached hydrogen (secondary N) is 2. The second-order valence-corrected chi connectivity index (χ2v) is 5.96. The van der Waals surface area contributed by atoms with Gasteiger partial charge < -0.3 is 0 Å². The number of anilines is 2. The number of para-hydroxylation sites is 1. The van der Waals surface area contributed by atoms with E-state index in [4.69, 9.17) is 0 Å². The van der Waals surface area contributed by atoms with Crippen LogP contribution < -0.4 is 15.9 Å². The minimum absolute atomic E-state index is 0.250. The zero-order valence-electron chi connectivity index (χ0n) is 12.5. The zero-order chi connectivity index (χ0) is 16.4. The lowest BCUT2D eigenvalue weighted by atomic mass is 10.2. The number of carbonyl (C=O) groups is 1. The quantitative estimate of drug-likeness (QED) is 0.811. The summed E-state index contributed by atoms with van der Waals surface area (Å²) in [4.78, 5) is 12.5. The first-order valence-corrected chi connectivity index (χ1v) is 7.81. The first-order valence-electron chi connectivity index (χ1n) is 7.01. The smallest absolute Gasteiger partial charge is 0.289 e. The average Bonchev–Trinajstić information content (AvgIpc) is 2.84. The van der Waals surface area contributed by atoms with E-state index in [-0.39, 0.29) is 11.6 Å². The van der Waals surface area contributed by atoms with Gasteiger partial charge in [-0.3, -0.25) is 15.6 Å². The topological polar surface area (TPSA) is 56.7 Å². The Morgan fingerprint density at radius 2 is 1.96 bits per heavy atom. The predicted molar refractivity (Wildman–Crippen MR) is 96.1 cm³/mol. The molecule has 2 aromatic carbocycles. The van der Waals surface area contributed by atoms with E-state index in [9.17, 15) is 4.79 Å². The van der Waals surface area contributed by atoms with E-state index in [1.54, 1.807) is 0 Å². The number of hydrogen-bond donors (Lipinski definition) is 2. The van der Waals surface area contributed by atoms with Gasteiger partial charge in [0.1, 0.15) is 0 Å². The molecule has 2 aromatic rings. The van der Waals surface area contributed by atoms with Gasteiger partial charge in [-0.05, 0) is 36.8 Å². The zero-order valence-corrected chi connectivity index (χ0v) is 14.1. The van der Waals surface area contributed by atoms with Crippen LogP contribution in [0.4, 0.5) is 11.4 Å². The van der Waals surface area contributed by atoms with Gasteiger partial charge in [-0.2, -0.15) is 5.10 Å². The molecule has 116 valence electrons. The molecule has 2 N–H and O–H groups in total. The van der Waals surface area contributed by atoms with Gasteiger partial charge in [0.2, 0.25) is 0 Å². The predicted octanol–water partition coefficient (Wildman–Crippen LogP) is 3.59. The largest absolute Gasteiger partial charge is 0.299 e. The molecular formula is C17H15BrN4O. The number of carbonyl (C=O) groups excluding carboxylic acids is 1. The molecule has 0 spiro atoms. The van der Waals surface area contributed by atoms with Crippen molar-refractivity contribution in [1.29, 1.82) is 0 Å². The van der Waals surface area contributed by atoms with Gasteiger partial charge >= 0.3 is 0 Å². The number of hydrazine groups is 1. The summed E-state index contributed by atoms with van der Waals surface area (Å²) < 4.78 is 0.975. The number of benzene rings is 2. The molecular weight excluding hydrogens is 356 g/mol. The number of nitrogens with zero attached hydrogens (tertiary/aromatic N) is 2. The van der Waals surface area contributed by atoms with Crippen LogP contribution in [0.2, 0.25) is 0 Å². The lowest BCUT2D eigenvalue weighted by Gasteiger charge is -2.14. The molecule has 5 nitrogen and oxygen atoms in total. The highest BCUT2D eigenvalue weighted by Crippen LogP contribution is 2.22. The van der Waals surface area contributed by atoms with Crippen LogP contribution in [0.3, 0.4) is 0 Å². The van der Waals surface area contributed by atoms with Gasteiger partial charge in [0, 0.05) is 4.47 Å². The van der Waals surface area contributed by atoms with E-state index in [0.717, 1.165) is 21.4 Å². The van der Waals surface area contributed by atoms with Crippen molar-refractivity contribution in [3.63, 3.8) is 0 Å². The Balaban J connectivity index is 1.81. The summed E-state index contributed by atoms with van der Waals surface area (Å²) in [5.41, 5.74) is 9.19. The minimum Gasteiger partial charge on any atom is -0.289 e. The molecule has 0 aromatic heterocycles. The number of hydrazone groups is 1. The molecule has 0 radical (unpaired) electrons. The van der Waals surface area contributed by atoms with Crippen LogP contribution in [0.25, 0.3) is 0 Å². The number of aryl methyl sites for hydroxylation is 1. The van der Waals surface area contributed by atoms with E-state index in [1.807, 2.05) is 55.5 Å². The van der Waals surface area contributed by atoms with Gasteiger partial charge in [0.15, 0.2) is 5.71 Å². The molecule has 1 aliphatic heterocycles. The molecule has 1 fully saturated rings. The van der Waals surface area contributed by atoms with Crippen LogP contribution in [-0.2, 0) is 4.79 Å². The summed E-state index contributed by atoms with van der Waals surface area (Å²) in [5, 5.41) is 5.62. The monoisotopic (exact) mass is 370 g/mol. The number of rotatable bonds is 3. The fourth-order valence-electron chi connectivity index (χ4n) is 2.13. The maximum atomic E-state index is 12.5. The third-order valence-corrected chi connectivity index (χ3v) is 4.28. The van der Waals surface area contributed by atoms with Gasteiger partial charge in [-0.1, -0.05) is 46.8 Å². The first kappa shape index (κ1) is 15.3. The summed E-state index contributed by atoms with van der Waals surface area (Å²) in [6, 6.07) is 15.1. The van der Waals surface area contributed by atoms with Gasteiger partial charge in [0.25, 0.3) is 5.91 Å². The standard InChI is InChI=1S/C17H15BrN4O/c1-11-8-9-13(10-15(11)18)19-20-16-12(2)21-22(17(16)23)14-6-4-3-5-7-14/h3-10,19,21H,2H2,1H3. The Hall–Kier alpha value is -2.60. The average molecular weight is 371 g/mol. The maximum absolute atomic E-state index is 12.5. The second-order valence-electron chi connectivity index (χ2n) is 5.10. The van der Waals surface area contributed by atoms with Crippen molar-refractivity contribution >= 4 is 38.9 Å². The number of halogens is 1. The van der Waals surface area contributed by atoms with Crippen LogP contribution in [0.1, 0.15) is 5.56 Å². The van der Waals surface area contributed by atoms with Crippen LogP contribution in [0.5, 0.6) is 0 Å². The van der Waals surface area contributed by atoms with Crippen molar-refractivity contribution in [2.45, 2.75) is 6.92 Å². The fourth-order valence-corrected chi connectivity index (χ4v) is 2.51. The molecule has 0 bridgehead atoms.